The van der Waals surface area contributed by atoms with E-state index in [0.717, 1.165) is 0 Å². The van der Waals surface area contributed by atoms with Crippen molar-refractivity contribution in [2.24, 2.45) is 23.2 Å². The standard InChI is InChI=1S/C17H28O5/c1-10(9-22-11(2)18)12-5-7-16(3)13(19)6-8-17(4,21)15(16)14(12)20/h10,12-13,15,19,21H,5-9H2,1-4H3/t10-,12+,13-,15-,16+,17-/m1/s1. The van der Waals surface area contributed by atoms with Crippen LogP contribution < -0.4 is 0 Å². The van der Waals surface area contributed by atoms with Crippen molar-refractivity contribution < 1.29 is 24.5 Å². The lowest BCUT2D eigenvalue weighted by atomic mass is 9.51. The molecule has 0 radical (unpaired) electrons. The Morgan fingerprint density at radius 2 is 2.00 bits per heavy atom. The van der Waals surface area contributed by atoms with E-state index in [0.29, 0.717) is 25.7 Å². The average molecular weight is 312 g/mol. The molecule has 0 aromatic heterocycles. The molecule has 2 saturated carbocycles. The van der Waals surface area contributed by atoms with Gasteiger partial charge in [-0.25, -0.2) is 0 Å². The van der Waals surface area contributed by atoms with Crippen molar-refractivity contribution >= 4 is 11.8 Å². The summed E-state index contributed by atoms with van der Waals surface area (Å²) in [5.41, 5.74) is -1.64. The smallest absolute Gasteiger partial charge is 0.302 e. The monoisotopic (exact) mass is 312 g/mol. The summed E-state index contributed by atoms with van der Waals surface area (Å²) >= 11 is 0. The lowest BCUT2D eigenvalue weighted by Gasteiger charge is -2.55. The number of aliphatic hydroxyl groups is 2. The van der Waals surface area contributed by atoms with Crippen LogP contribution in [0.1, 0.15) is 53.4 Å². The first kappa shape index (κ1) is 17.4. The maximum atomic E-state index is 13.0. The van der Waals surface area contributed by atoms with Crippen molar-refractivity contribution in [1.29, 1.82) is 0 Å². The number of hydrogen-bond acceptors (Lipinski definition) is 5. The summed E-state index contributed by atoms with van der Waals surface area (Å²) in [4.78, 5) is 24.0. The van der Waals surface area contributed by atoms with E-state index in [-0.39, 0.29) is 30.2 Å². The van der Waals surface area contributed by atoms with Gasteiger partial charge in [-0.3, -0.25) is 9.59 Å². The second-order valence-electron chi connectivity index (χ2n) is 7.68. The number of hydrogen-bond donors (Lipinski definition) is 2. The van der Waals surface area contributed by atoms with Crippen LogP contribution in [0.25, 0.3) is 0 Å². The zero-order valence-electron chi connectivity index (χ0n) is 14.0. The van der Waals surface area contributed by atoms with Gasteiger partial charge >= 0.3 is 5.97 Å². The number of ketones is 1. The van der Waals surface area contributed by atoms with Crippen molar-refractivity contribution in [3.8, 4) is 0 Å². The molecule has 0 unspecified atom stereocenters. The Morgan fingerprint density at radius 1 is 1.36 bits per heavy atom. The van der Waals surface area contributed by atoms with Gasteiger partial charge in [-0.2, -0.15) is 0 Å². The van der Waals surface area contributed by atoms with Gasteiger partial charge in [0.2, 0.25) is 0 Å². The molecule has 0 bridgehead atoms. The summed E-state index contributed by atoms with van der Waals surface area (Å²) in [5.74, 6) is -1.19. The third-order valence-corrected chi connectivity index (χ3v) is 5.85. The number of ether oxygens (including phenoxy) is 1. The van der Waals surface area contributed by atoms with Crippen LogP contribution in [0.3, 0.4) is 0 Å². The van der Waals surface area contributed by atoms with Crippen LogP contribution in [-0.4, -0.2) is 40.3 Å². The molecule has 0 heterocycles. The Morgan fingerprint density at radius 3 is 2.59 bits per heavy atom. The summed E-state index contributed by atoms with van der Waals surface area (Å²) in [6, 6.07) is 0. The topological polar surface area (TPSA) is 83.8 Å². The normalized spacial score (nSPS) is 43.4. The second kappa shape index (κ2) is 5.93. The first-order valence-electron chi connectivity index (χ1n) is 8.17. The fraction of sp³-hybridized carbons (Fsp3) is 0.882. The minimum atomic E-state index is -1.08. The van der Waals surface area contributed by atoms with E-state index in [1.165, 1.54) is 6.92 Å². The van der Waals surface area contributed by atoms with Crippen molar-refractivity contribution in [3.63, 3.8) is 0 Å². The van der Waals surface area contributed by atoms with E-state index in [1.807, 2.05) is 13.8 Å². The van der Waals surface area contributed by atoms with Gasteiger partial charge in [-0.15, -0.1) is 0 Å². The van der Waals surface area contributed by atoms with E-state index >= 15 is 0 Å². The largest absolute Gasteiger partial charge is 0.466 e. The van der Waals surface area contributed by atoms with Gasteiger partial charge in [0.25, 0.3) is 0 Å². The Hall–Kier alpha value is -0.940. The molecule has 0 saturated heterocycles. The summed E-state index contributed by atoms with van der Waals surface area (Å²) in [5, 5.41) is 21.1. The van der Waals surface area contributed by atoms with E-state index < -0.39 is 23.0 Å². The number of esters is 1. The number of rotatable bonds is 3. The molecule has 2 aliphatic carbocycles. The summed E-state index contributed by atoms with van der Waals surface area (Å²) in [6.07, 6.45) is 1.79. The highest BCUT2D eigenvalue weighted by Gasteiger charge is 2.59. The molecule has 2 fully saturated rings. The molecular formula is C17H28O5. The van der Waals surface area contributed by atoms with Crippen molar-refractivity contribution in [3.05, 3.63) is 0 Å². The van der Waals surface area contributed by atoms with Gasteiger partial charge in [0.05, 0.1) is 24.2 Å². The first-order chi connectivity index (χ1) is 10.1. The van der Waals surface area contributed by atoms with Crippen molar-refractivity contribution in [1.82, 2.24) is 0 Å². The van der Waals surface area contributed by atoms with Crippen molar-refractivity contribution in [2.45, 2.75) is 65.1 Å². The highest BCUT2D eigenvalue weighted by Crippen LogP contribution is 2.54. The molecular weight excluding hydrogens is 284 g/mol. The molecule has 0 spiro atoms. The Balaban J connectivity index is 2.20. The lowest BCUT2D eigenvalue weighted by molar-refractivity contribution is -0.186. The van der Waals surface area contributed by atoms with Gasteiger partial charge in [0.15, 0.2) is 0 Å². The van der Waals surface area contributed by atoms with E-state index in [9.17, 15) is 19.8 Å². The molecule has 2 aliphatic rings. The van der Waals surface area contributed by atoms with E-state index in [1.54, 1.807) is 6.92 Å². The summed E-state index contributed by atoms with van der Waals surface area (Å²) in [6.45, 7) is 7.11. The van der Waals surface area contributed by atoms with Gasteiger partial charge in [-0.05, 0) is 38.5 Å². The molecule has 6 atom stereocenters. The third-order valence-electron chi connectivity index (χ3n) is 5.85. The Labute approximate surface area is 132 Å². The molecule has 0 amide bonds. The predicted octanol–water partition coefficient (Wildman–Crippen LogP) is 1.69. The second-order valence-corrected chi connectivity index (χ2v) is 7.68. The Bertz CT molecular complexity index is 458. The number of Topliss-reactive ketones (excluding diaryl/α,β-unsaturated/α-hetero) is 1. The maximum absolute atomic E-state index is 13.0. The van der Waals surface area contributed by atoms with Crippen LogP contribution in [0.2, 0.25) is 0 Å². The van der Waals surface area contributed by atoms with Crippen LogP contribution in [0.15, 0.2) is 0 Å². The van der Waals surface area contributed by atoms with Crippen LogP contribution in [0, 0.1) is 23.2 Å². The molecule has 0 aromatic rings. The van der Waals surface area contributed by atoms with Gasteiger partial charge < -0.3 is 14.9 Å². The van der Waals surface area contributed by atoms with Gasteiger partial charge in [-0.1, -0.05) is 13.8 Å². The molecule has 126 valence electrons. The average Bonchev–Trinajstić information content (AvgIpc) is 2.40. The number of fused-ring (bicyclic) bond motifs is 1. The molecule has 0 aliphatic heterocycles. The van der Waals surface area contributed by atoms with Crippen LogP contribution in [0.5, 0.6) is 0 Å². The SMILES string of the molecule is CC(=O)OC[C@@H](C)[C@@H]1CC[C@@]2(C)[C@H](O)CC[C@@](C)(O)[C@@H]2C1=O. The fourth-order valence-corrected chi connectivity index (χ4v) is 4.50. The highest BCUT2D eigenvalue weighted by molar-refractivity contribution is 5.86. The van der Waals surface area contributed by atoms with E-state index in [4.69, 9.17) is 4.74 Å². The van der Waals surface area contributed by atoms with E-state index in [2.05, 4.69) is 0 Å². The summed E-state index contributed by atoms with van der Waals surface area (Å²) in [7, 11) is 0. The molecule has 5 nitrogen and oxygen atoms in total. The molecule has 5 heteroatoms. The van der Waals surface area contributed by atoms with Crippen LogP contribution in [0.4, 0.5) is 0 Å². The lowest BCUT2D eigenvalue weighted by Crippen LogP contribution is -2.61. The summed E-state index contributed by atoms with van der Waals surface area (Å²) < 4.78 is 5.04. The maximum Gasteiger partial charge on any atom is 0.302 e. The van der Waals surface area contributed by atoms with Gasteiger partial charge in [0, 0.05) is 18.3 Å². The minimum Gasteiger partial charge on any atom is -0.466 e. The minimum absolute atomic E-state index is 0.0113. The third kappa shape index (κ3) is 2.93. The quantitative estimate of drug-likeness (QED) is 0.775. The molecule has 0 aromatic carbocycles. The fourth-order valence-electron chi connectivity index (χ4n) is 4.50. The molecule has 22 heavy (non-hydrogen) atoms. The predicted molar refractivity (Wildman–Crippen MR) is 81.0 cm³/mol. The Kier molecular flexibility index (Phi) is 4.69. The molecule has 2 rings (SSSR count). The first-order valence-corrected chi connectivity index (χ1v) is 8.17. The van der Waals surface area contributed by atoms with Gasteiger partial charge in [0.1, 0.15) is 5.78 Å². The van der Waals surface area contributed by atoms with Crippen molar-refractivity contribution in [2.75, 3.05) is 6.61 Å². The number of aliphatic hydroxyl groups excluding tert-OH is 1. The zero-order chi connectivity index (χ0) is 16.7. The highest BCUT2D eigenvalue weighted by atomic mass is 16.5. The van der Waals surface area contributed by atoms with Crippen LogP contribution >= 0.6 is 0 Å². The molecule has 2 N–H and O–H groups in total. The number of carbonyl (C=O) groups is 2. The van der Waals surface area contributed by atoms with Crippen LogP contribution in [-0.2, 0) is 14.3 Å². The number of carbonyl (C=O) groups excluding carboxylic acids is 2. The zero-order valence-corrected chi connectivity index (χ0v) is 14.0.